The Kier molecular flexibility index (Phi) is 7.83. The lowest BCUT2D eigenvalue weighted by Gasteiger charge is -2.41. The average Bonchev–Trinajstić information content (AvgIpc) is 2.53. The van der Waals surface area contributed by atoms with E-state index in [1.807, 2.05) is 13.8 Å². The number of amides is 2. The van der Waals surface area contributed by atoms with Crippen LogP contribution in [0.3, 0.4) is 0 Å². The molecule has 138 valence electrons. The molecule has 0 aromatic carbocycles. The van der Waals surface area contributed by atoms with Gasteiger partial charge in [-0.2, -0.15) is 0 Å². The minimum absolute atomic E-state index is 0.00637. The number of likely N-dealkylation sites (N-methyl/N-ethyl adjacent to an activating group) is 1. The van der Waals surface area contributed by atoms with E-state index < -0.39 is 5.54 Å². The fourth-order valence-electron chi connectivity index (χ4n) is 3.11. The molecule has 1 atom stereocenters. The van der Waals surface area contributed by atoms with Crippen LogP contribution in [0.4, 0.5) is 0 Å². The number of hydrogen-bond donors (Lipinski definition) is 3. The van der Waals surface area contributed by atoms with Gasteiger partial charge in [0.1, 0.15) is 11.3 Å². The van der Waals surface area contributed by atoms with Crippen LogP contribution in [0.1, 0.15) is 40.5 Å². The summed E-state index contributed by atoms with van der Waals surface area (Å²) >= 11 is 0. The number of nitrogens with zero attached hydrogens (tertiary/aromatic N) is 1. The first-order valence-electron chi connectivity index (χ1n) is 8.75. The van der Waals surface area contributed by atoms with Crippen LogP contribution >= 0.6 is 0 Å². The molecule has 0 bridgehead atoms. The molecular weight excluding hydrogens is 308 g/mol. The monoisotopic (exact) mass is 340 g/mol. The van der Waals surface area contributed by atoms with Gasteiger partial charge in [-0.3, -0.25) is 14.4 Å². The highest BCUT2D eigenvalue weighted by Crippen LogP contribution is 2.23. The lowest BCUT2D eigenvalue weighted by Crippen LogP contribution is -2.66. The van der Waals surface area contributed by atoms with Gasteiger partial charge in [0.15, 0.2) is 0 Å². The van der Waals surface area contributed by atoms with E-state index in [0.717, 1.165) is 19.6 Å². The molecular formula is C17H32N4O3. The fraction of sp³-hybridized carbons (Fsp3) is 0.824. The molecule has 2 amide bonds. The van der Waals surface area contributed by atoms with Crippen LogP contribution in [0, 0.1) is 5.92 Å². The smallest absolute Gasteiger partial charge is 0.246 e. The van der Waals surface area contributed by atoms with Crippen LogP contribution in [0.5, 0.6) is 0 Å². The highest BCUT2D eigenvalue weighted by Gasteiger charge is 2.43. The molecule has 1 rings (SSSR count). The zero-order valence-corrected chi connectivity index (χ0v) is 15.6. The Bertz CT molecular complexity index is 457. The summed E-state index contributed by atoms with van der Waals surface area (Å²) in [5, 5.41) is 8.67. The van der Waals surface area contributed by atoms with E-state index in [1.54, 1.807) is 7.05 Å². The van der Waals surface area contributed by atoms with Gasteiger partial charge in [0, 0.05) is 13.1 Å². The summed E-state index contributed by atoms with van der Waals surface area (Å²) < 4.78 is 0. The number of Topliss-reactive ketones (excluding diaryl/α,β-unsaturated/α-hetero) is 1. The van der Waals surface area contributed by atoms with Crippen molar-refractivity contribution in [2.24, 2.45) is 5.92 Å². The quantitative estimate of drug-likeness (QED) is 0.574. The molecule has 1 heterocycles. The lowest BCUT2D eigenvalue weighted by molar-refractivity contribution is -0.137. The standard InChI is InChI=1S/C17H32N4O3/c1-6-21-9-7-17(8-10-21,16(24)19-11-13(4)22)20-15(23)14(18-5)12(2)3/h12,14,18H,6-11H2,1-5H3,(H,19,24)(H,20,23)/t14-/m0/s1. The maximum atomic E-state index is 12.7. The van der Waals surface area contributed by atoms with Gasteiger partial charge < -0.3 is 20.9 Å². The summed E-state index contributed by atoms with van der Waals surface area (Å²) in [6, 6.07) is -0.355. The summed E-state index contributed by atoms with van der Waals surface area (Å²) in [4.78, 5) is 38.8. The van der Waals surface area contributed by atoms with Gasteiger partial charge in [0.05, 0.1) is 12.6 Å². The number of hydrogen-bond acceptors (Lipinski definition) is 5. The van der Waals surface area contributed by atoms with Crippen molar-refractivity contribution in [1.82, 2.24) is 20.9 Å². The second-order valence-electron chi connectivity index (χ2n) is 6.90. The number of carbonyl (C=O) groups is 3. The first-order chi connectivity index (χ1) is 11.3. The molecule has 1 aliphatic heterocycles. The van der Waals surface area contributed by atoms with E-state index in [0.29, 0.717) is 12.8 Å². The van der Waals surface area contributed by atoms with Crippen LogP contribution in [0.2, 0.25) is 0 Å². The third kappa shape index (κ3) is 5.27. The lowest BCUT2D eigenvalue weighted by atomic mass is 9.85. The summed E-state index contributed by atoms with van der Waals surface area (Å²) in [7, 11) is 1.74. The Morgan fingerprint density at radius 1 is 1.17 bits per heavy atom. The summed E-state index contributed by atoms with van der Waals surface area (Å²) in [6.07, 6.45) is 1.09. The van der Waals surface area contributed by atoms with E-state index in [-0.39, 0.29) is 36.1 Å². The summed E-state index contributed by atoms with van der Waals surface area (Å²) in [5.74, 6) is -0.426. The second-order valence-corrected chi connectivity index (χ2v) is 6.90. The molecule has 0 saturated carbocycles. The zero-order chi connectivity index (χ0) is 18.3. The number of likely N-dealkylation sites (tertiary alicyclic amines) is 1. The van der Waals surface area contributed by atoms with E-state index in [9.17, 15) is 14.4 Å². The van der Waals surface area contributed by atoms with Crippen molar-refractivity contribution >= 4 is 17.6 Å². The van der Waals surface area contributed by atoms with Gasteiger partial charge in [0.2, 0.25) is 11.8 Å². The predicted octanol–water partition coefficient (Wildman–Crippen LogP) is -0.0937. The molecule has 0 aromatic heterocycles. The number of ketones is 1. The van der Waals surface area contributed by atoms with Gasteiger partial charge in [-0.1, -0.05) is 20.8 Å². The van der Waals surface area contributed by atoms with Gasteiger partial charge in [-0.05, 0) is 39.3 Å². The molecule has 7 nitrogen and oxygen atoms in total. The number of rotatable bonds is 8. The number of carbonyl (C=O) groups excluding carboxylic acids is 3. The minimum atomic E-state index is -0.942. The molecule has 0 aromatic rings. The first kappa shape index (κ1) is 20.6. The van der Waals surface area contributed by atoms with Gasteiger partial charge in [-0.25, -0.2) is 0 Å². The van der Waals surface area contributed by atoms with Crippen molar-refractivity contribution in [2.45, 2.75) is 52.1 Å². The molecule has 0 aliphatic carbocycles. The van der Waals surface area contributed by atoms with E-state index in [4.69, 9.17) is 0 Å². The maximum absolute atomic E-state index is 12.7. The topological polar surface area (TPSA) is 90.5 Å². The summed E-state index contributed by atoms with van der Waals surface area (Å²) in [6.45, 7) is 9.84. The Balaban J connectivity index is 2.91. The normalized spacial score (nSPS) is 18.9. The van der Waals surface area contributed by atoms with Crippen molar-refractivity contribution in [3.05, 3.63) is 0 Å². The van der Waals surface area contributed by atoms with Crippen LogP contribution in [0.25, 0.3) is 0 Å². The Morgan fingerprint density at radius 3 is 2.17 bits per heavy atom. The van der Waals surface area contributed by atoms with E-state index in [1.165, 1.54) is 6.92 Å². The van der Waals surface area contributed by atoms with Crippen molar-refractivity contribution in [2.75, 3.05) is 33.2 Å². The second kappa shape index (κ2) is 9.13. The van der Waals surface area contributed by atoms with Crippen LogP contribution in [-0.2, 0) is 14.4 Å². The third-order valence-electron chi connectivity index (χ3n) is 4.71. The number of nitrogens with one attached hydrogen (secondary N) is 3. The van der Waals surface area contributed by atoms with Gasteiger partial charge >= 0.3 is 0 Å². The first-order valence-corrected chi connectivity index (χ1v) is 8.75. The molecule has 1 aliphatic rings. The minimum Gasteiger partial charge on any atom is -0.347 e. The molecule has 24 heavy (non-hydrogen) atoms. The Hall–Kier alpha value is -1.47. The van der Waals surface area contributed by atoms with E-state index >= 15 is 0 Å². The highest BCUT2D eigenvalue weighted by atomic mass is 16.2. The van der Waals surface area contributed by atoms with Gasteiger partial charge in [0.25, 0.3) is 0 Å². The largest absolute Gasteiger partial charge is 0.347 e. The third-order valence-corrected chi connectivity index (χ3v) is 4.71. The molecule has 0 spiro atoms. The molecule has 7 heteroatoms. The van der Waals surface area contributed by atoms with Crippen molar-refractivity contribution in [1.29, 1.82) is 0 Å². The van der Waals surface area contributed by atoms with Gasteiger partial charge in [-0.15, -0.1) is 0 Å². The summed E-state index contributed by atoms with van der Waals surface area (Å²) in [5.41, 5.74) is -0.942. The fourth-order valence-corrected chi connectivity index (χ4v) is 3.11. The Morgan fingerprint density at radius 2 is 1.75 bits per heavy atom. The van der Waals surface area contributed by atoms with Crippen molar-refractivity contribution in [3.63, 3.8) is 0 Å². The average molecular weight is 340 g/mol. The maximum Gasteiger partial charge on any atom is 0.246 e. The Labute approximate surface area is 144 Å². The molecule has 1 fully saturated rings. The van der Waals surface area contributed by atoms with Crippen molar-refractivity contribution < 1.29 is 14.4 Å². The number of piperidine rings is 1. The zero-order valence-electron chi connectivity index (χ0n) is 15.6. The SMILES string of the molecule is CCN1CCC(NC(=O)[C@@H](NC)C(C)C)(C(=O)NCC(C)=O)CC1. The van der Waals surface area contributed by atoms with E-state index in [2.05, 4.69) is 27.8 Å². The molecule has 3 N–H and O–H groups in total. The van der Waals surface area contributed by atoms with Crippen LogP contribution < -0.4 is 16.0 Å². The van der Waals surface area contributed by atoms with Crippen LogP contribution in [0.15, 0.2) is 0 Å². The molecule has 0 radical (unpaired) electrons. The molecule has 0 unspecified atom stereocenters. The van der Waals surface area contributed by atoms with Crippen molar-refractivity contribution in [3.8, 4) is 0 Å². The molecule has 1 saturated heterocycles. The predicted molar refractivity (Wildman–Crippen MR) is 93.6 cm³/mol. The van der Waals surface area contributed by atoms with Crippen LogP contribution in [-0.4, -0.2) is 67.3 Å². The highest BCUT2D eigenvalue weighted by molar-refractivity contribution is 5.95.